The van der Waals surface area contributed by atoms with Crippen molar-refractivity contribution < 1.29 is 0 Å². The first kappa shape index (κ1) is 14.4. The molecule has 108 valence electrons. The highest BCUT2D eigenvalue weighted by atomic mass is 35.5. The molecular weight excluding hydrogens is 303 g/mol. The minimum absolute atomic E-state index is 0.155. The summed E-state index contributed by atoms with van der Waals surface area (Å²) in [5, 5.41) is 1.52. The summed E-state index contributed by atoms with van der Waals surface area (Å²) in [6.07, 6.45) is 0.830. The van der Waals surface area contributed by atoms with Gasteiger partial charge in [0.15, 0.2) is 0 Å². The van der Waals surface area contributed by atoms with E-state index in [2.05, 4.69) is 18.0 Å². The third-order valence-corrected chi connectivity index (χ3v) is 4.56. The summed E-state index contributed by atoms with van der Waals surface area (Å²) in [5.41, 5.74) is 3.25. The van der Waals surface area contributed by atoms with Crippen LogP contribution in [0.5, 0.6) is 0 Å². The molecule has 0 saturated carbocycles. The van der Waals surface area contributed by atoms with E-state index in [1.807, 2.05) is 43.3 Å². The molecule has 4 heteroatoms. The minimum atomic E-state index is 0.155. The van der Waals surface area contributed by atoms with Crippen LogP contribution in [0, 0.1) is 0 Å². The van der Waals surface area contributed by atoms with Gasteiger partial charge in [0.1, 0.15) is 5.84 Å². The van der Waals surface area contributed by atoms with Crippen LogP contribution in [-0.2, 0) is 6.42 Å². The highest BCUT2D eigenvalue weighted by molar-refractivity contribution is 6.31. The van der Waals surface area contributed by atoms with Gasteiger partial charge in [-0.15, -0.1) is 0 Å². The Labute approximate surface area is 135 Å². The molecule has 1 aliphatic heterocycles. The highest BCUT2D eigenvalue weighted by Crippen LogP contribution is 2.36. The zero-order valence-corrected chi connectivity index (χ0v) is 13.5. The average Bonchev–Trinajstić information content (AvgIpc) is 2.58. The molecule has 2 nitrogen and oxygen atoms in total. The summed E-state index contributed by atoms with van der Waals surface area (Å²) in [4.78, 5) is 6.88. The highest BCUT2D eigenvalue weighted by Gasteiger charge is 2.25. The molecule has 1 aliphatic rings. The first-order valence-corrected chi connectivity index (χ1v) is 7.63. The maximum Gasteiger partial charge on any atom is 0.102 e. The number of hydrogen-bond donors (Lipinski definition) is 0. The number of nitrogens with zero attached hydrogens (tertiary/aromatic N) is 2. The van der Waals surface area contributed by atoms with Gasteiger partial charge in [-0.25, -0.2) is 4.99 Å². The van der Waals surface area contributed by atoms with Crippen LogP contribution < -0.4 is 0 Å². The number of amidine groups is 1. The molecule has 0 radical (unpaired) electrons. The lowest BCUT2D eigenvalue weighted by atomic mass is 9.97. The second-order valence-corrected chi connectivity index (χ2v) is 6.13. The van der Waals surface area contributed by atoms with E-state index >= 15 is 0 Å². The Balaban J connectivity index is 2.11. The maximum atomic E-state index is 6.39. The molecule has 3 rings (SSSR count). The number of likely N-dealkylation sites (N-methyl/N-ethyl adjacent to an activating group) is 1. The van der Waals surface area contributed by atoms with Crippen molar-refractivity contribution in [2.75, 3.05) is 7.05 Å². The molecule has 0 amide bonds. The van der Waals surface area contributed by atoms with Gasteiger partial charge in [-0.05, 0) is 48.7 Å². The Morgan fingerprint density at radius 1 is 1.14 bits per heavy atom. The summed E-state index contributed by atoms with van der Waals surface area (Å²) < 4.78 is 0. The van der Waals surface area contributed by atoms with Crippen molar-refractivity contribution in [3.05, 3.63) is 63.6 Å². The van der Waals surface area contributed by atoms with Crippen LogP contribution in [0.3, 0.4) is 0 Å². The van der Waals surface area contributed by atoms with Crippen LogP contribution in [0.25, 0.3) is 0 Å². The molecule has 0 spiro atoms. The van der Waals surface area contributed by atoms with Gasteiger partial charge in [-0.3, -0.25) is 0 Å². The van der Waals surface area contributed by atoms with Crippen molar-refractivity contribution in [2.45, 2.75) is 19.4 Å². The zero-order chi connectivity index (χ0) is 15.0. The SMILES string of the molecule is CC1=Nc2ccc(Cl)cc2CC(c2ccccc2Cl)N1C. The maximum absolute atomic E-state index is 6.39. The third kappa shape index (κ3) is 2.78. The fourth-order valence-electron chi connectivity index (χ4n) is 2.71. The first-order chi connectivity index (χ1) is 10.1. The van der Waals surface area contributed by atoms with Gasteiger partial charge in [-0.2, -0.15) is 0 Å². The van der Waals surface area contributed by atoms with Crippen molar-refractivity contribution in [3.8, 4) is 0 Å². The Kier molecular flexibility index (Phi) is 3.92. The van der Waals surface area contributed by atoms with Crippen molar-refractivity contribution in [2.24, 2.45) is 4.99 Å². The topological polar surface area (TPSA) is 15.6 Å². The van der Waals surface area contributed by atoms with Gasteiger partial charge in [0, 0.05) is 17.1 Å². The van der Waals surface area contributed by atoms with E-state index in [0.717, 1.165) is 39.1 Å². The van der Waals surface area contributed by atoms with E-state index in [1.165, 1.54) is 0 Å². The van der Waals surface area contributed by atoms with Gasteiger partial charge in [-0.1, -0.05) is 41.4 Å². The zero-order valence-electron chi connectivity index (χ0n) is 12.0. The Morgan fingerprint density at radius 3 is 2.67 bits per heavy atom. The van der Waals surface area contributed by atoms with Gasteiger partial charge in [0.25, 0.3) is 0 Å². The second-order valence-electron chi connectivity index (χ2n) is 5.28. The first-order valence-electron chi connectivity index (χ1n) is 6.87. The predicted octanol–water partition coefficient (Wildman–Crippen LogP) is 5.27. The van der Waals surface area contributed by atoms with E-state index in [1.54, 1.807) is 0 Å². The fourth-order valence-corrected chi connectivity index (χ4v) is 3.17. The van der Waals surface area contributed by atoms with Crippen LogP contribution in [0.4, 0.5) is 5.69 Å². The molecule has 0 saturated heterocycles. The molecular formula is C17H16Cl2N2. The average molecular weight is 319 g/mol. The van der Waals surface area contributed by atoms with E-state index in [4.69, 9.17) is 28.2 Å². The summed E-state index contributed by atoms with van der Waals surface area (Å²) in [6.45, 7) is 2.02. The van der Waals surface area contributed by atoms with Crippen molar-refractivity contribution in [1.29, 1.82) is 0 Å². The van der Waals surface area contributed by atoms with Gasteiger partial charge in [0.2, 0.25) is 0 Å². The standard InChI is InChI=1S/C17H16Cl2N2/c1-11-20-16-8-7-13(18)9-12(16)10-17(21(11)2)14-5-3-4-6-15(14)19/h3-9,17H,10H2,1-2H3. The number of hydrogen-bond acceptors (Lipinski definition) is 2. The Morgan fingerprint density at radius 2 is 1.90 bits per heavy atom. The van der Waals surface area contributed by atoms with E-state index < -0.39 is 0 Å². The number of aliphatic imine (C=N–C) groups is 1. The van der Waals surface area contributed by atoms with E-state index in [-0.39, 0.29) is 6.04 Å². The molecule has 1 unspecified atom stereocenters. The molecule has 2 aromatic rings. The summed E-state index contributed by atoms with van der Waals surface area (Å²) in [6, 6.07) is 14.0. The van der Waals surface area contributed by atoms with E-state index in [0.29, 0.717) is 0 Å². The number of fused-ring (bicyclic) bond motifs is 1. The lowest BCUT2D eigenvalue weighted by Gasteiger charge is -2.29. The molecule has 1 heterocycles. The van der Waals surface area contributed by atoms with Crippen LogP contribution in [0.15, 0.2) is 47.5 Å². The quantitative estimate of drug-likeness (QED) is 0.699. The lowest BCUT2D eigenvalue weighted by molar-refractivity contribution is 0.374. The molecule has 0 aromatic heterocycles. The van der Waals surface area contributed by atoms with Crippen molar-refractivity contribution in [1.82, 2.24) is 4.90 Å². The molecule has 0 aliphatic carbocycles. The third-order valence-electron chi connectivity index (χ3n) is 3.98. The largest absolute Gasteiger partial charge is 0.356 e. The van der Waals surface area contributed by atoms with Crippen LogP contribution in [0.2, 0.25) is 10.0 Å². The fraction of sp³-hybridized carbons (Fsp3) is 0.235. The molecule has 0 bridgehead atoms. The Hall–Kier alpha value is -1.51. The van der Waals surface area contributed by atoms with Gasteiger partial charge >= 0.3 is 0 Å². The van der Waals surface area contributed by atoms with Crippen LogP contribution in [-0.4, -0.2) is 17.8 Å². The molecule has 2 aromatic carbocycles. The van der Waals surface area contributed by atoms with Crippen molar-refractivity contribution in [3.63, 3.8) is 0 Å². The Bertz CT molecular complexity index is 710. The number of rotatable bonds is 1. The van der Waals surface area contributed by atoms with Gasteiger partial charge < -0.3 is 4.90 Å². The number of halogens is 2. The smallest absolute Gasteiger partial charge is 0.102 e. The summed E-state index contributed by atoms with van der Waals surface area (Å²) >= 11 is 12.5. The minimum Gasteiger partial charge on any atom is -0.356 e. The molecule has 21 heavy (non-hydrogen) atoms. The van der Waals surface area contributed by atoms with Gasteiger partial charge in [0.05, 0.1) is 11.7 Å². The predicted molar refractivity (Wildman–Crippen MR) is 89.9 cm³/mol. The second kappa shape index (κ2) is 5.70. The van der Waals surface area contributed by atoms with Crippen LogP contribution >= 0.6 is 23.2 Å². The normalized spacial score (nSPS) is 18.0. The van der Waals surface area contributed by atoms with Crippen molar-refractivity contribution >= 4 is 34.7 Å². The molecule has 0 fully saturated rings. The van der Waals surface area contributed by atoms with E-state index in [9.17, 15) is 0 Å². The lowest BCUT2D eigenvalue weighted by Crippen LogP contribution is -2.29. The molecule has 1 atom stereocenters. The monoisotopic (exact) mass is 318 g/mol. The van der Waals surface area contributed by atoms with Crippen LogP contribution in [0.1, 0.15) is 24.1 Å². The molecule has 0 N–H and O–H groups in total. The number of benzene rings is 2. The summed E-state index contributed by atoms with van der Waals surface area (Å²) in [7, 11) is 2.06. The summed E-state index contributed by atoms with van der Waals surface area (Å²) in [5.74, 6) is 0.973.